The summed E-state index contributed by atoms with van der Waals surface area (Å²) in [5.41, 5.74) is 1.91. The van der Waals surface area contributed by atoms with Crippen LogP contribution >= 0.6 is 0 Å². The van der Waals surface area contributed by atoms with Crippen LogP contribution in [0, 0.1) is 6.92 Å². The van der Waals surface area contributed by atoms with E-state index in [1.807, 2.05) is 37.3 Å². The highest BCUT2D eigenvalue weighted by Gasteiger charge is 2.15. The van der Waals surface area contributed by atoms with E-state index in [-0.39, 0.29) is 11.4 Å². The Balaban J connectivity index is 2.75. The van der Waals surface area contributed by atoms with Crippen LogP contribution in [0.1, 0.15) is 11.4 Å². The Labute approximate surface area is 111 Å². The fourth-order valence-corrected chi connectivity index (χ4v) is 1.93. The Kier molecular flexibility index (Phi) is 3.97. The molecule has 0 aliphatic heterocycles. The molecule has 2 rings (SSSR count). The summed E-state index contributed by atoms with van der Waals surface area (Å²) in [5, 5.41) is 0. The highest BCUT2D eigenvalue weighted by molar-refractivity contribution is 5.36. The van der Waals surface area contributed by atoms with Crippen molar-refractivity contribution in [3.8, 4) is 11.6 Å². The topological polar surface area (TPSA) is 53.4 Å². The number of para-hydroxylation sites is 1. The van der Waals surface area contributed by atoms with Gasteiger partial charge in [-0.2, -0.15) is 0 Å². The highest BCUT2D eigenvalue weighted by atomic mass is 16.5. The molecule has 0 radical (unpaired) electrons. The molecule has 0 atom stereocenters. The lowest BCUT2D eigenvalue weighted by molar-refractivity contribution is 0.177. The smallest absolute Gasteiger partial charge is 0.318 e. The average Bonchev–Trinajstić information content (AvgIpc) is 2.44. The monoisotopic (exact) mass is 260 g/mol. The number of rotatable bonds is 4. The second kappa shape index (κ2) is 5.67. The first-order valence-corrected chi connectivity index (χ1v) is 5.90. The molecule has 1 heterocycles. The van der Waals surface area contributed by atoms with E-state index < -0.39 is 0 Å². The van der Waals surface area contributed by atoms with Crippen molar-refractivity contribution in [2.24, 2.45) is 0 Å². The summed E-state index contributed by atoms with van der Waals surface area (Å²) < 4.78 is 11.8. The van der Waals surface area contributed by atoms with Gasteiger partial charge in [-0.25, -0.2) is 4.98 Å². The Morgan fingerprint density at radius 3 is 2.47 bits per heavy atom. The van der Waals surface area contributed by atoms with Crippen LogP contribution in [0.25, 0.3) is 5.69 Å². The molecule has 0 aliphatic rings. The van der Waals surface area contributed by atoms with Crippen molar-refractivity contribution in [2.75, 3.05) is 14.2 Å². The minimum atomic E-state index is -0.286. The molecule has 0 amide bonds. The van der Waals surface area contributed by atoms with Crippen LogP contribution in [-0.2, 0) is 11.3 Å². The molecular weight excluding hydrogens is 244 g/mol. The number of aryl methyl sites for hydroxylation is 1. The maximum atomic E-state index is 12.4. The molecule has 100 valence electrons. The summed E-state index contributed by atoms with van der Waals surface area (Å²) in [6.07, 6.45) is 0. The highest BCUT2D eigenvalue weighted by Crippen LogP contribution is 2.14. The maximum absolute atomic E-state index is 12.4. The molecule has 0 saturated heterocycles. The zero-order valence-corrected chi connectivity index (χ0v) is 11.2. The quantitative estimate of drug-likeness (QED) is 0.839. The Morgan fingerprint density at radius 2 is 1.89 bits per heavy atom. The predicted molar refractivity (Wildman–Crippen MR) is 71.8 cm³/mol. The molecule has 0 unspecified atom stereocenters. The SMILES string of the molecule is COCc1c(C)nc(OC)c(=O)n1-c1ccccc1. The van der Waals surface area contributed by atoms with Gasteiger partial charge < -0.3 is 9.47 Å². The van der Waals surface area contributed by atoms with Crippen molar-refractivity contribution >= 4 is 0 Å². The Hall–Kier alpha value is -2.14. The van der Waals surface area contributed by atoms with Crippen molar-refractivity contribution in [3.05, 3.63) is 52.1 Å². The van der Waals surface area contributed by atoms with Gasteiger partial charge in [0.15, 0.2) is 0 Å². The number of hydrogen-bond donors (Lipinski definition) is 0. The number of methoxy groups -OCH3 is 2. The van der Waals surface area contributed by atoms with Gasteiger partial charge >= 0.3 is 5.56 Å². The van der Waals surface area contributed by atoms with Gasteiger partial charge in [0, 0.05) is 12.8 Å². The molecule has 0 N–H and O–H groups in total. The lowest BCUT2D eigenvalue weighted by Gasteiger charge is -2.15. The van der Waals surface area contributed by atoms with Crippen LogP contribution in [0.3, 0.4) is 0 Å². The molecule has 5 heteroatoms. The third kappa shape index (κ3) is 2.51. The summed E-state index contributed by atoms with van der Waals surface area (Å²) in [4.78, 5) is 16.5. The first-order valence-electron chi connectivity index (χ1n) is 5.90. The first kappa shape index (κ1) is 13.3. The largest absolute Gasteiger partial charge is 0.477 e. The molecule has 2 aromatic rings. The van der Waals surface area contributed by atoms with Gasteiger partial charge in [-0.3, -0.25) is 9.36 Å². The van der Waals surface area contributed by atoms with Crippen molar-refractivity contribution in [1.29, 1.82) is 0 Å². The van der Waals surface area contributed by atoms with Crippen molar-refractivity contribution in [2.45, 2.75) is 13.5 Å². The summed E-state index contributed by atoms with van der Waals surface area (Å²) in [5.74, 6) is 0.0845. The number of hydrogen-bond acceptors (Lipinski definition) is 4. The van der Waals surface area contributed by atoms with Crippen molar-refractivity contribution in [3.63, 3.8) is 0 Å². The van der Waals surface area contributed by atoms with Crippen LogP contribution in [0.4, 0.5) is 0 Å². The van der Waals surface area contributed by atoms with Crippen LogP contribution in [-0.4, -0.2) is 23.8 Å². The normalized spacial score (nSPS) is 10.5. The van der Waals surface area contributed by atoms with Crippen LogP contribution < -0.4 is 10.3 Å². The summed E-state index contributed by atoms with van der Waals surface area (Å²) in [7, 11) is 3.03. The van der Waals surface area contributed by atoms with E-state index in [2.05, 4.69) is 4.98 Å². The molecule has 1 aromatic carbocycles. The molecule has 0 aliphatic carbocycles. The average molecular weight is 260 g/mol. The standard InChI is InChI=1S/C14H16N2O3/c1-10-12(9-18-2)16(11-7-5-4-6-8-11)14(17)13(15-10)19-3/h4-8H,9H2,1-3H3. The van der Waals surface area contributed by atoms with E-state index in [0.717, 1.165) is 11.4 Å². The molecule has 1 aromatic heterocycles. The summed E-state index contributed by atoms with van der Waals surface area (Å²) in [6.45, 7) is 2.14. The van der Waals surface area contributed by atoms with Gasteiger partial charge in [0.2, 0.25) is 0 Å². The number of ether oxygens (including phenoxy) is 2. The van der Waals surface area contributed by atoms with E-state index in [1.54, 1.807) is 11.7 Å². The second-order valence-corrected chi connectivity index (χ2v) is 4.06. The van der Waals surface area contributed by atoms with E-state index in [1.165, 1.54) is 7.11 Å². The molecule has 0 spiro atoms. The Morgan fingerprint density at radius 1 is 1.21 bits per heavy atom. The van der Waals surface area contributed by atoms with Crippen LogP contribution in [0.15, 0.2) is 35.1 Å². The maximum Gasteiger partial charge on any atom is 0.318 e. The molecule has 19 heavy (non-hydrogen) atoms. The second-order valence-electron chi connectivity index (χ2n) is 4.06. The minimum Gasteiger partial charge on any atom is -0.477 e. The zero-order chi connectivity index (χ0) is 13.8. The van der Waals surface area contributed by atoms with Gasteiger partial charge in [0.05, 0.1) is 25.1 Å². The van der Waals surface area contributed by atoms with Gasteiger partial charge in [-0.05, 0) is 19.1 Å². The minimum absolute atomic E-state index is 0.0845. The molecule has 0 fully saturated rings. The number of nitrogens with zero attached hydrogens (tertiary/aromatic N) is 2. The fraction of sp³-hybridized carbons (Fsp3) is 0.286. The zero-order valence-electron chi connectivity index (χ0n) is 11.2. The first-order chi connectivity index (χ1) is 9.19. The number of aromatic nitrogens is 2. The lowest BCUT2D eigenvalue weighted by atomic mass is 10.2. The summed E-state index contributed by atoms with van der Waals surface area (Å²) in [6, 6.07) is 9.37. The van der Waals surface area contributed by atoms with E-state index in [0.29, 0.717) is 12.3 Å². The Bertz CT molecular complexity index is 621. The third-order valence-electron chi connectivity index (χ3n) is 2.83. The van der Waals surface area contributed by atoms with Crippen molar-refractivity contribution in [1.82, 2.24) is 9.55 Å². The van der Waals surface area contributed by atoms with Crippen molar-refractivity contribution < 1.29 is 9.47 Å². The van der Waals surface area contributed by atoms with Gasteiger partial charge in [-0.15, -0.1) is 0 Å². The molecule has 5 nitrogen and oxygen atoms in total. The molecule has 0 saturated carbocycles. The van der Waals surface area contributed by atoms with Gasteiger partial charge in [-0.1, -0.05) is 18.2 Å². The van der Waals surface area contributed by atoms with Gasteiger partial charge in [0.25, 0.3) is 5.88 Å². The van der Waals surface area contributed by atoms with Gasteiger partial charge in [0.1, 0.15) is 0 Å². The molecule has 0 bridgehead atoms. The van der Waals surface area contributed by atoms with Crippen LogP contribution in [0.5, 0.6) is 5.88 Å². The van der Waals surface area contributed by atoms with E-state index in [4.69, 9.17) is 9.47 Å². The van der Waals surface area contributed by atoms with E-state index in [9.17, 15) is 4.79 Å². The predicted octanol–water partition coefficient (Wildman–Crippen LogP) is 1.70. The van der Waals surface area contributed by atoms with Crippen LogP contribution in [0.2, 0.25) is 0 Å². The lowest BCUT2D eigenvalue weighted by Crippen LogP contribution is -2.26. The fourth-order valence-electron chi connectivity index (χ4n) is 1.93. The van der Waals surface area contributed by atoms with E-state index >= 15 is 0 Å². The summed E-state index contributed by atoms with van der Waals surface area (Å²) >= 11 is 0. The number of benzene rings is 1. The third-order valence-corrected chi connectivity index (χ3v) is 2.83. The molecular formula is C14H16N2O3.